The van der Waals surface area contributed by atoms with Crippen molar-refractivity contribution in [3.63, 3.8) is 0 Å². The van der Waals surface area contributed by atoms with Crippen molar-refractivity contribution >= 4 is 17.5 Å². The molecule has 0 bridgehead atoms. The highest BCUT2D eigenvalue weighted by molar-refractivity contribution is 5.98. The van der Waals surface area contributed by atoms with Crippen LogP contribution in [0.3, 0.4) is 0 Å². The zero-order valence-electron chi connectivity index (χ0n) is 11.5. The Morgan fingerprint density at radius 1 is 1.14 bits per heavy atom. The predicted octanol–water partition coefficient (Wildman–Crippen LogP) is 1.55. The molecule has 21 heavy (non-hydrogen) atoms. The number of carbonyl (C=O) groups is 2. The van der Waals surface area contributed by atoms with Gasteiger partial charge in [0.05, 0.1) is 12.8 Å². The van der Waals surface area contributed by atoms with Gasteiger partial charge in [-0.3, -0.25) is 9.59 Å². The Bertz CT molecular complexity index is 633. The molecule has 0 atom stereocenters. The van der Waals surface area contributed by atoms with Crippen LogP contribution < -0.4 is 10.7 Å². The molecule has 2 N–H and O–H groups in total. The van der Waals surface area contributed by atoms with Gasteiger partial charge in [-0.25, -0.2) is 5.43 Å². The van der Waals surface area contributed by atoms with Crippen LogP contribution in [0.5, 0.6) is 0 Å². The fraction of sp³-hybridized carbons (Fsp3) is 0.133. The number of nitrogens with one attached hydrogen (secondary N) is 2. The van der Waals surface area contributed by atoms with Crippen LogP contribution in [0.2, 0.25) is 0 Å². The van der Waals surface area contributed by atoms with E-state index < -0.39 is 5.91 Å². The summed E-state index contributed by atoms with van der Waals surface area (Å²) in [5.74, 6) is -0.147. The molecule has 6 heteroatoms. The second kappa shape index (κ2) is 7.04. The number of amides is 2. The van der Waals surface area contributed by atoms with Crippen LogP contribution in [-0.4, -0.2) is 24.1 Å². The maximum atomic E-state index is 11.7. The average Bonchev–Trinajstić information content (AvgIpc) is 3.05. The van der Waals surface area contributed by atoms with Gasteiger partial charge in [0, 0.05) is 5.56 Å². The Morgan fingerprint density at radius 3 is 2.57 bits per heavy atom. The molecule has 1 heterocycles. The van der Waals surface area contributed by atoms with Gasteiger partial charge in [-0.15, -0.1) is 0 Å². The van der Waals surface area contributed by atoms with Crippen LogP contribution in [0, 0.1) is 0 Å². The fourth-order valence-corrected chi connectivity index (χ4v) is 1.58. The first-order valence-corrected chi connectivity index (χ1v) is 6.37. The highest BCUT2D eigenvalue weighted by Crippen LogP contribution is 2.01. The van der Waals surface area contributed by atoms with Crippen molar-refractivity contribution in [2.45, 2.75) is 6.92 Å². The topological polar surface area (TPSA) is 83.7 Å². The summed E-state index contributed by atoms with van der Waals surface area (Å²) in [6.07, 6.45) is 1.52. The van der Waals surface area contributed by atoms with Crippen molar-refractivity contribution in [1.82, 2.24) is 10.7 Å². The summed E-state index contributed by atoms with van der Waals surface area (Å²) in [7, 11) is 0. The quantitative estimate of drug-likeness (QED) is 0.645. The van der Waals surface area contributed by atoms with Crippen LogP contribution in [-0.2, 0) is 4.79 Å². The van der Waals surface area contributed by atoms with Gasteiger partial charge in [-0.1, -0.05) is 18.2 Å². The third kappa shape index (κ3) is 4.31. The lowest BCUT2D eigenvalue weighted by atomic mass is 10.2. The number of benzene rings is 1. The lowest BCUT2D eigenvalue weighted by molar-refractivity contribution is -0.120. The Morgan fingerprint density at radius 2 is 1.90 bits per heavy atom. The number of carbonyl (C=O) groups excluding carboxylic acids is 2. The number of hydrogen-bond donors (Lipinski definition) is 2. The highest BCUT2D eigenvalue weighted by atomic mass is 16.3. The third-order valence-corrected chi connectivity index (χ3v) is 2.67. The molecule has 2 rings (SSSR count). The predicted molar refractivity (Wildman–Crippen MR) is 77.8 cm³/mol. The van der Waals surface area contributed by atoms with Crippen LogP contribution in [0.25, 0.3) is 0 Å². The molecule has 2 amide bonds. The molecule has 1 aromatic carbocycles. The van der Waals surface area contributed by atoms with Crippen molar-refractivity contribution in [3.8, 4) is 0 Å². The van der Waals surface area contributed by atoms with E-state index in [9.17, 15) is 9.59 Å². The van der Waals surface area contributed by atoms with E-state index in [0.29, 0.717) is 17.0 Å². The minimum atomic E-state index is -0.412. The number of hydrogen-bond acceptors (Lipinski definition) is 4. The van der Waals surface area contributed by atoms with Crippen LogP contribution in [0.4, 0.5) is 0 Å². The number of rotatable bonds is 5. The van der Waals surface area contributed by atoms with Gasteiger partial charge in [0.1, 0.15) is 11.5 Å². The second-order valence-electron chi connectivity index (χ2n) is 4.26. The molecule has 6 nitrogen and oxygen atoms in total. The van der Waals surface area contributed by atoms with Crippen LogP contribution in [0.15, 0.2) is 58.2 Å². The number of nitrogens with zero attached hydrogens (tertiary/aromatic N) is 1. The molecule has 0 fully saturated rings. The van der Waals surface area contributed by atoms with Gasteiger partial charge in [0.15, 0.2) is 0 Å². The van der Waals surface area contributed by atoms with Gasteiger partial charge >= 0.3 is 0 Å². The molecule has 0 spiro atoms. The molecule has 0 unspecified atom stereocenters. The van der Waals surface area contributed by atoms with E-state index in [1.54, 1.807) is 43.3 Å². The molecule has 2 aromatic rings. The fourth-order valence-electron chi connectivity index (χ4n) is 1.58. The Hall–Kier alpha value is -2.89. The van der Waals surface area contributed by atoms with E-state index >= 15 is 0 Å². The van der Waals surface area contributed by atoms with Gasteiger partial charge < -0.3 is 9.73 Å². The first-order valence-electron chi connectivity index (χ1n) is 6.37. The first-order chi connectivity index (χ1) is 10.2. The third-order valence-electron chi connectivity index (χ3n) is 2.67. The Kier molecular flexibility index (Phi) is 4.87. The van der Waals surface area contributed by atoms with E-state index in [4.69, 9.17) is 4.42 Å². The van der Waals surface area contributed by atoms with Gasteiger partial charge in [0.2, 0.25) is 0 Å². The lowest BCUT2D eigenvalue weighted by Gasteiger charge is -2.04. The largest absolute Gasteiger partial charge is 0.463 e. The normalized spacial score (nSPS) is 11.0. The minimum absolute atomic E-state index is 0.150. The van der Waals surface area contributed by atoms with E-state index in [1.807, 2.05) is 6.07 Å². The molecule has 108 valence electrons. The summed E-state index contributed by atoms with van der Waals surface area (Å²) >= 11 is 0. The molecular formula is C15H15N3O3. The van der Waals surface area contributed by atoms with E-state index in [1.165, 1.54) is 6.26 Å². The van der Waals surface area contributed by atoms with Crippen molar-refractivity contribution in [3.05, 3.63) is 60.1 Å². The summed E-state index contributed by atoms with van der Waals surface area (Å²) in [4.78, 5) is 23.3. The van der Waals surface area contributed by atoms with Crippen molar-refractivity contribution in [2.75, 3.05) is 6.54 Å². The Balaban J connectivity index is 1.80. The summed E-state index contributed by atoms with van der Waals surface area (Å²) in [5.41, 5.74) is 3.40. The molecule has 1 aromatic heterocycles. The maximum Gasteiger partial charge on any atom is 0.259 e. The molecule has 0 saturated carbocycles. The second-order valence-corrected chi connectivity index (χ2v) is 4.26. The first kappa shape index (κ1) is 14.5. The maximum absolute atomic E-state index is 11.7. The molecular weight excluding hydrogens is 270 g/mol. The SMILES string of the molecule is C/C(=N/NC(=O)CNC(=O)c1ccccc1)c1ccco1. The van der Waals surface area contributed by atoms with Gasteiger partial charge in [-0.2, -0.15) is 5.10 Å². The smallest absolute Gasteiger partial charge is 0.259 e. The van der Waals surface area contributed by atoms with E-state index in [2.05, 4.69) is 15.8 Å². The van der Waals surface area contributed by atoms with Crippen molar-refractivity contribution < 1.29 is 14.0 Å². The van der Waals surface area contributed by atoms with Gasteiger partial charge in [-0.05, 0) is 31.2 Å². The summed E-state index contributed by atoms with van der Waals surface area (Å²) in [5, 5.41) is 6.40. The minimum Gasteiger partial charge on any atom is -0.463 e. The average molecular weight is 285 g/mol. The summed E-state index contributed by atoms with van der Waals surface area (Å²) in [6, 6.07) is 12.1. The monoisotopic (exact) mass is 285 g/mol. The lowest BCUT2D eigenvalue weighted by Crippen LogP contribution is -2.35. The number of furan rings is 1. The molecule has 0 saturated heterocycles. The molecule has 0 radical (unpaired) electrons. The van der Waals surface area contributed by atoms with Crippen LogP contribution >= 0.6 is 0 Å². The molecule has 0 aliphatic carbocycles. The van der Waals surface area contributed by atoms with Crippen molar-refractivity contribution in [1.29, 1.82) is 0 Å². The van der Waals surface area contributed by atoms with Gasteiger partial charge in [0.25, 0.3) is 11.8 Å². The van der Waals surface area contributed by atoms with E-state index in [-0.39, 0.29) is 12.5 Å². The zero-order valence-corrected chi connectivity index (χ0v) is 11.5. The zero-order chi connectivity index (χ0) is 15.1. The van der Waals surface area contributed by atoms with Crippen LogP contribution in [0.1, 0.15) is 23.0 Å². The van der Waals surface area contributed by atoms with E-state index in [0.717, 1.165) is 0 Å². The Labute approximate surface area is 121 Å². The van der Waals surface area contributed by atoms with Crippen molar-refractivity contribution in [2.24, 2.45) is 5.10 Å². The summed E-state index contributed by atoms with van der Waals surface area (Å²) < 4.78 is 5.13. The molecule has 0 aliphatic rings. The summed E-state index contributed by atoms with van der Waals surface area (Å²) in [6.45, 7) is 1.56. The standard InChI is InChI=1S/C15H15N3O3/c1-11(13-8-5-9-21-13)17-18-14(19)10-16-15(20)12-6-3-2-4-7-12/h2-9H,10H2,1H3,(H,16,20)(H,18,19)/b17-11-. The molecule has 0 aliphatic heterocycles. The number of hydrazone groups is 1. The highest BCUT2D eigenvalue weighted by Gasteiger charge is 2.07.